The number of carbonyl (C=O) groups excluding carboxylic acids is 1. The summed E-state index contributed by atoms with van der Waals surface area (Å²) in [6.07, 6.45) is 2.08. The first-order valence-electron chi connectivity index (χ1n) is 6.79. The summed E-state index contributed by atoms with van der Waals surface area (Å²) in [6, 6.07) is 5.54. The lowest BCUT2D eigenvalue weighted by Crippen LogP contribution is -2.31. The fourth-order valence-corrected chi connectivity index (χ4v) is 2.66. The van der Waals surface area contributed by atoms with Gasteiger partial charge in [0.2, 0.25) is 5.91 Å². The predicted octanol–water partition coefficient (Wildman–Crippen LogP) is 2.54. The number of nitrogens with two attached hydrogens (primary N) is 1. The minimum absolute atomic E-state index is 0.0448. The molecule has 1 aromatic carbocycles. The number of thioether (sulfide) groups is 1. The molecular weight excluding hydrogens is 272 g/mol. The second-order valence-electron chi connectivity index (χ2n) is 4.72. The molecule has 0 aliphatic rings. The highest BCUT2D eigenvalue weighted by atomic mass is 32.2. The number of carbonyl (C=O) groups is 1. The smallest absolute Gasteiger partial charge is 0.233 e. The Morgan fingerprint density at radius 3 is 3.10 bits per heavy atom. The number of aromatic nitrogens is 2. The number of nitrogen functional groups attached to an aromatic ring is 1. The van der Waals surface area contributed by atoms with Gasteiger partial charge in [-0.2, -0.15) is 0 Å². The molecule has 0 aliphatic carbocycles. The van der Waals surface area contributed by atoms with Crippen LogP contribution in [-0.2, 0) is 4.79 Å². The molecule has 2 rings (SSSR count). The van der Waals surface area contributed by atoms with Crippen molar-refractivity contribution in [2.75, 3.05) is 12.3 Å². The van der Waals surface area contributed by atoms with Gasteiger partial charge in [-0.3, -0.25) is 4.79 Å². The summed E-state index contributed by atoms with van der Waals surface area (Å²) in [6.45, 7) is 4.72. The summed E-state index contributed by atoms with van der Waals surface area (Å²) in [5.74, 6) is 0.0448. The molecule has 2 aromatic rings. The first kappa shape index (κ1) is 14.7. The molecule has 0 radical (unpaired) electrons. The topological polar surface area (TPSA) is 83.8 Å². The molecule has 1 unspecified atom stereocenters. The number of fused-ring (bicyclic) bond motifs is 1. The number of nitrogens with one attached hydrogen (secondary N) is 2. The Morgan fingerprint density at radius 2 is 2.35 bits per heavy atom. The van der Waals surface area contributed by atoms with Crippen LogP contribution in [0, 0.1) is 0 Å². The van der Waals surface area contributed by atoms with Gasteiger partial charge in [-0.05, 0) is 31.5 Å². The average Bonchev–Trinajstić information content (AvgIpc) is 2.80. The molecule has 0 fully saturated rings. The van der Waals surface area contributed by atoms with Gasteiger partial charge in [-0.25, -0.2) is 4.98 Å². The van der Waals surface area contributed by atoms with Crippen molar-refractivity contribution in [3.8, 4) is 0 Å². The summed E-state index contributed by atoms with van der Waals surface area (Å²) in [4.78, 5) is 19.5. The fourth-order valence-electron chi connectivity index (χ4n) is 1.81. The molecule has 0 saturated heterocycles. The van der Waals surface area contributed by atoms with E-state index in [0.29, 0.717) is 5.69 Å². The molecule has 1 heterocycles. The van der Waals surface area contributed by atoms with Crippen LogP contribution >= 0.6 is 11.8 Å². The van der Waals surface area contributed by atoms with Crippen molar-refractivity contribution in [3.63, 3.8) is 0 Å². The summed E-state index contributed by atoms with van der Waals surface area (Å²) >= 11 is 1.42. The van der Waals surface area contributed by atoms with Crippen LogP contribution in [0.4, 0.5) is 5.69 Å². The van der Waals surface area contributed by atoms with Gasteiger partial charge < -0.3 is 16.0 Å². The van der Waals surface area contributed by atoms with Crippen molar-refractivity contribution in [2.24, 2.45) is 0 Å². The van der Waals surface area contributed by atoms with Gasteiger partial charge in [0.25, 0.3) is 0 Å². The highest BCUT2D eigenvalue weighted by Gasteiger charge is 2.16. The third kappa shape index (κ3) is 3.66. The Bertz CT molecular complexity index is 596. The number of rotatable bonds is 6. The van der Waals surface area contributed by atoms with Crippen molar-refractivity contribution >= 4 is 34.4 Å². The van der Waals surface area contributed by atoms with E-state index in [1.807, 2.05) is 25.1 Å². The molecule has 1 atom stereocenters. The minimum Gasteiger partial charge on any atom is -0.399 e. The number of aromatic amines is 1. The Balaban J connectivity index is 1.98. The number of benzene rings is 1. The first-order valence-corrected chi connectivity index (χ1v) is 7.67. The number of amides is 1. The Hall–Kier alpha value is -1.69. The van der Waals surface area contributed by atoms with Crippen LogP contribution in [0.15, 0.2) is 23.4 Å². The van der Waals surface area contributed by atoms with Gasteiger partial charge in [-0.1, -0.05) is 25.1 Å². The zero-order chi connectivity index (χ0) is 14.5. The van der Waals surface area contributed by atoms with Gasteiger partial charge in [0.05, 0.1) is 16.3 Å². The molecule has 1 amide bonds. The van der Waals surface area contributed by atoms with Gasteiger partial charge in [0.15, 0.2) is 5.16 Å². The van der Waals surface area contributed by atoms with Crippen LogP contribution in [0.5, 0.6) is 0 Å². The zero-order valence-electron chi connectivity index (χ0n) is 11.8. The summed E-state index contributed by atoms with van der Waals surface area (Å²) in [5, 5.41) is 3.49. The Labute approximate surface area is 122 Å². The van der Waals surface area contributed by atoms with E-state index in [0.717, 1.165) is 35.6 Å². The number of anilines is 1. The largest absolute Gasteiger partial charge is 0.399 e. The maximum Gasteiger partial charge on any atom is 0.233 e. The lowest BCUT2D eigenvalue weighted by molar-refractivity contribution is -0.120. The van der Waals surface area contributed by atoms with Crippen LogP contribution in [0.25, 0.3) is 11.0 Å². The number of unbranched alkanes of at least 4 members (excludes halogenated alkanes) is 1. The standard InChI is InChI=1S/C14H20N4OS/c1-3-4-7-16-13(19)9(2)20-14-17-11-6-5-10(15)8-12(11)18-14/h5-6,8-9H,3-4,7,15H2,1-2H3,(H,16,19)(H,17,18). The molecule has 0 aliphatic heterocycles. The lowest BCUT2D eigenvalue weighted by Gasteiger charge is -2.09. The Kier molecular flexibility index (Phi) is 4.89. The number of hydrogen-bond donors (Lipinski definition) is 3. The van der Waals surface area contributed by atoms with E-state index in [1.54, 1.807) is 0 Å². The van der Waals surface area contributed by atoms with Gasteiger partial charge in [0.1, 0.15) is 0 Å². The second-order valence-corrected chi connectivity index (χ2v) is 6.05. The summed E-state index contributed by atoms with van der Waals surface area (Å²) in [5.41, 5.74) is 8.19. The SMILES string of the molecule is CCCCNC(=O)C(C)Sc1nc2ccc(N)cc2[nH]1. The summed E-state index contributed by atoms with van der Waals surface area (Å²) < 4.78 is 0. The van der Waals surface area contributed by atoms with Crippen molar-refractivity contribution in [1.82, 2.24) is 15.3 Å². The number of hydrogen-bond acceptors (Lipinski definition) is 4. The van der Waals surface area contributed by atoms with Gasteiger partial charge in [0, 0.05) is 12.2 Å². The number of nitrogens with zero attached hydrogens (tertiary/aromatic N) is 1. The highest BCUT2D eigenvalue weighted by molar-refractivity contribution is 8.00. The highest BCUT2D eigenvalue weighted by Crippen LogP contribution is 2.24. The second kappa shape index (κ2) is 6.65. The molecule has 5 nitrogen and oxygen atoms in total. The third-order valence-electron chi connectivity index (χ3n) is 2.97. The molecule has 20 heavy (non-hydrogen) atoms. The van der Waals surface area contributed by atoms with Crippen molar-refractivity contribution in [3.05, 3.63) is 18.2 Å². The molecule has 108 valence electrons. The predicted molar refractivity (Wildman–Crippen MR) is 83.7 cm³/mol. The first-order chi connectivity index (χ1) is 9.60. The van der Waals surface area contributed by atoms with Gasteiger partial charge in [-0.15, -0.1) is 0 Å². The molecule has 0 spiro atoms. The lowest BCUT2D eigenvalue weighted by atomic mass is 10.3. The maximum atomic E-state index is 11.9. The number of imidazole rings is 1. The normalized spacial score (nSPS) is 12.5. The molecule has 4 N–H and O–H groups in total. The average molecular weight is 292 g/mol. The quantitative estimate of drug-likeness (QED) is 0.434. The van der Waals surface area contributed by atoms with Crippen LogP contribution in [-0.4, -0.2) is 27.7 Å². The van der Waals surface area contributed by atoms with Crippen LogP contribution in [0.2, 0.25) is 0 Å². The van der Waals surface area contributed by atoms with E-state index < -0.39 is 0 Å². The van der Waals surface area contributed by atoms with Crippen molar-refractivity contribution in [1.29, 1.82) is 0 Å². The summed E-state index contributed by atoms with van der Waals surface area (Å²) in [7, 11) is 0. The van der Waals surface area contributed by atoms with E-state index in [-0.39, 0.29) is 11.2 Å². The van der Waals surface area contributed by atoms with E-state index >= 15 is 0 Å². The minimum atomic E-state index is -0.176. The van der Waals surface area contributed by atoms with Crippen LogP contribution in [0.3, 0.4) is 0 Å². The molecule has 0 saturated carbocycles. The van der Waals surface area contributed by atoms with Crippen molar-refractivity contribution in [2.45, 2.75) is 37.1 Å². The van der Waals surface area contributed by atoms with E-state index in [2.05, 4.69) is 22.2 Å². The molecule has 0 bridgehead atoms. The Morgan fingerprint density at radius 1 is 1.55 bits per heavy atom. The van der Waals surface area contributed by atoms with Crippen molar-refractivity contribution < 1.29 is 4.79 Å². The third-order valence-corrected chi connectivity index (χ3v) is 3.96. The number of H-pyrrole nitrogens is 1. The molecule has 6 heteroatoms. The molecular formula is C14H20N4OS. The van der Waals surface area contributed by atoms with Gasteiger partial charge >= 0.3 is 0 Å². The maximum absolute atomic E-state index is 11.9. The van der Waals surface area contributed by atoms with E-state index in [4.69, 9.17) is 5.73 Å². The van der Waals surface area contributed by atoms with Crippen LogP contribution < -0.4 is 11.1 Å². The molecule has 1 aromatic heterocycles. The van der Waals surface area contributed by atoms with E-state index in [1.165, 1.54) is 11.8 Å². The fraction of sp³-hybridized carbons (Fsp3) is 0.429. The van der Waals surface area contributed by atoms with E-state index in [9.17, 15) is 4.79 Å². The zero-order valence-corrected chi connectivity index (χ0v) is 12.6. The van der Waals surface area contributed by atoms with Crippen LogP contribution in [0.1, 0.15) is 26.7 Å². The monoisotopic (exact) mass is 292 g/mol.